The van der Waals surface area contributed by atoms with E-state index in [2.05, 4.69) is 36.4 Å². The van der Waals surface area contributed by atoms with E-state index >= 15 is 0 Å². The van der Waals surface area contributed by atoms with E-state index in [0.29, 0.717) is 6.61 Å². The Labute approximate surface area is 169 Å². The Morgan fingerprint density at radius 2 is 1.81 bits per heavy atom. The normalized spacial score (nSPS) is 10.6. The molecular weight excluding hydrogens is 424 g/mol. The van der Waals surface area contributed by atoms with E-state index in [4.69, 9.17) is 4.74 Å². The minimum Gasteiger partial charge on any atom is -0.487 e. The number of hydrogen-bond acceptors (Lipinski definition) is 6. The van der Waals surface area contributed by atoms with Gasteiger partial charge in [0.05, 0.1) is 11.3 Å². The lowest BCUT2D eigenvalue weighted by molar-refractivity contribution is 0.302. The van der Waals surface area contributed by atoms with Crippen LogP contribution in [-0.2, 0) is 6.61 Å². The molecular formula is C20H15BrN4OS. The van der Waals surface area contributed by atoms with Crippen LogP contribution < -0.4 is 10.1 Å². The van der Waals surface area contributed by atoms with Gasteiger partial charge in [-0.05, 0) is 42.5 Å². The SMILES string of the molecule is Brc1ccc(OCc2ccccn2)c(-c2nnc(Nc3ccccc3)s2)c1. The number of nitrogens with one attached hydrogen (secondary N) is 1. The standard InChI is InChI=1S/C20H15BrN4OS/c21-14-9-10-18(26-13-16-8-4-5-11-22-16)17(12-14)19-24-25-20(27-19)23-15-6-2-1-3-7-15/h1-12H,13H2,(H,23,25). The number of para-hydroxylation sites is 1. The van der Waals surface area contributed by atoms with E-state index in [1.54, 1.807) is 6.20 Å². The smallest absolute Gasteiger partial charge is 0.210 e. The Morgan fingerprint density at radius 1 is 0.963 bits per heavy atom. The highest BCUT2D eigenvalue weighted by Crippen LogP contribution is 2.36. The van der Waals surface area contributed by atoms with Crippen LogP contribution in [0.2, 0.25) is 0 Å². The summed E-state index contributed by atoms with van der Waals surface area (Å²) in [7, 11) is 0. The van der Waals surface area contributed by atoms with Crippen LogP contribution in [-0.4, -0.2) is 15.2 Å². The van der Waals surface area contributed by atoms with Gasteiger partial charge >= 0.3 is 0 Å². The highest BCUT2D eigenvalue weighted by atomic mass is 79.9. The minimum atomic E-state index is 0.392. The lowest BCUT2D eigenvalue weighted by Crippen LogP contribution is -1.98. The Hall–Kier alpha value is -2.77. The lowest BCUT2D eigenvalue weighted by atomic mass is 10.2. The summed E-state index contributed by atoms with van der Waals surface area (Å²) in [6, 6.07) is 21.5. The van der Waals surface area contributed by atoms with Gasteiger partial charge in [0.2, 0.25) is 5.13 Å². The maximum atomic E-state index is 6.00. The molecule has 0 saturated heterocycles. The molecule has 4 rings (SSSR count). The first-order valence-corrected chi connectivity index (χ1v) is 9.87. The summed E-state index contributed by atoms with van der Waals surface area (Å²) in [6.07, 6.45) is 1.76. The summed E-state index contributed by atoms with van der Waals surface area (Å²) in [6.45, 7) is 0.392. The van der Waals surface area contributed by atoms with Gasteiger partial charge in [0.15, 0.2) is 5.01 Å². The number of rotatable bonds is 6. The summed E-state index contributed by atoms with van der Waals surface area (Å²) in [5.74, 6) is 0.742. The summed E-state index contributed by atoms with van der Waals surface area (Å²) in [4.78, 5) is 4.30. The van der Waals surface area contributed by atoms with Crippen LogP contribution in [0.3, 0.4) is 0 Å². The first kappa shape index (κ1) is 17.6. The van der Waals surface area contributed by atoms with Crippen molar-refractivity contribution in [3.63, 3.8) is 0 Å². The van der Waals surface area contributed by atoms with Gasteiger partial charge in [0.25, 0.3) is 0 Å². The Bertz CT molecular complexity index is 1020. The van der Waals surface area contributed by atoms with Crippen LogP contribution in [0.5, 0.6) is 5.75 Å². The molecule has 0 aliphatic rings. The van der Waals surface area contributed by atoms with E-state index in [-0.39, 0.29) is 0 Å². The van der Waals surface area contributed by atoms with Gasteiger partial charge in [0.1, 0.15) is 12.4 Å². The summed E-state index contributed by atoms with van der Waals surface area (Å²) in [5.41, 5.74) is 2.73. The molecule has 2 heterocycles. The van der Waals surface area contributed by atoms with Crippen molar-refractivity contribution in [2.24, 2.45) is 0 Å². The molecule has 0 fully saturated rings. The Morgan fingerprint density at radius 3 is 2.63 bits per heavy atom. The Kier molecular flexibility index (Phi) is 5.41. The second kappa shape index (κ2) is 8.28. The zero-order valence-electron chi connectivity index (χ0n) is 14.2. The van der Waals surface area contributed by atoms with Crippen molar-refractivity contribution < 1.29 is 4.74 Å². The number of anilines is 2. The quantitative estimate of drug-likeness (QED) is 0.419. The summed E-state index contributed by atoms with van der Waals surface area (Å²) < 4.78 is 6.95. The molecule has 0 spiro atoms. The predicted octanol–water partition coefficient (Wildman–Crippen LogP) is 5.69. The zero-order chi connectivity index (χ0) is 18.5. The summed E-state index contributed by atoms with van der Waals surface area (Å²) >= 11 is 5.00. The second-order valence-corrected chi connectivity index (χ2v) is 7.55. The average molecular weight is 439 g/mol. The van der Waals surface area contributed by atoms with Gasteiger partial charge in [-0.1, -0.05) is 51.5 Å². The number of hydrogen-bond donors (Lipinski definition) is 1. The largest absolute Gasteiger partial charge is 0.487 e. The molecule has 27 heavy (non-hydrogen) atoms. The molecule has 0 amide bonds. The topological polar surface area (TPSA) is 59.9 Å². The molecule has 0 aliphatic carbocycles. The molecule has 0 radical (unpaired) electrons. The van der Waals surface area contributed by atoms with Crippen molar-refractivity contribution in [2.45, 2.75) is 6.61 Å². The minimum absolute atomic E-state index is 0.392. The fourth-order valence-electron chi connectivity index (χ4n) is 2.46. The van der Waals surface area contributed by atoms with E-state index in [0.717, 1.165) is 37.3 Å². The molecule has 2 aromatic heterocycles. The number of pyridine rings is 1. The molecule has 5 nitrogen and oxygen atoms in total. The number of halogens is 1. The van der Waals surface area contributed by atoms with E-state index < -0.39 is 0 Å². The maximum Gasteiger partial charge on any atom is 0.210 e. The van der Waals surface area contributed by atoms with Crippen molar-refractivity contribution in [1.29, 1.82) is 0 Å². The number of nitrogens with zero attached hydrogens (tertiary/aromatic N) is 3. The zero-order valence-corrected chi connectivity index (χ0v) is 16.6. The van der Waals surface area contributed by atoms with Gasteiger partial charge in [-0.15, -0.1) is 10.2 Å². The molecule has 2 aromatic carbocycles. The van der Waals surface area contributed by atoms with Gasteiger partial charge in [0, 0.05) is 16.4 Å². The van der Waals surface area contributed by atoms with E-state index in [9.17, 15) is 0 Å². The Balaban J connectivity index is 1.57. The molecule has 0 atom stereocenters. The molecule has 0 unspecified atom stereocenters. The van der Waals surface area contributed by atoms with Crippen LogP contribution in [0.1, 0.15) is 5.69 Å². The van der Waals surface area contributed by atoms with Gasteiger partial charge in [-0.2, -0.15) is 0 Å². The molecule has 134 valence electrons. The van der Waals surface area contributed by atoms with Crippen molar-refractivity contribution in [1.82, 2.24) is 15.2 Å². The van der Waals surface area contributed by atoms with Crippen LogP contribution in [0, 0.1) is 0 Å². The third-order valence-corrected chi connectivity index (χ3v) is 5.09. The third-order valence-electron chi connectivity index (χ3n) is 3.72. The van der Waals surface area contributed by atoms with Crippen molar-refractivity contribution in [3.05, 3.63) is 83.1 Å². The van der Waals surface area contributed by atoms with Crippen molar-refractivity contribution >= 4 is 38.1 Å². The van der Waals surface area contributed by atoms with Gasteiger partial charge in [-0.25, -0.2) is 0 Å². The van der Waals surface area contributed by atoms with Gasteiger partial charge < -0.3 is 10.1 Å². The third kappa shape index (κ3) is 4.50. The second-order valence-electron chi connectivity index (χ2n) is 5.65. The molecule has 0 aliphatic heterocycles. The van der Waals surface area contributed by atoms with Crippen LogP contribution >= 0.6 is 27.3 Å². The van der Waals surface area contributed by atoms with E-state index in [1.165, 1.54) is 11.3 Å². The molecule has 1 N–H and O–H groups in total. The number of aromatic nitrogens is 3. The highest BCUT2D eigenvalue weighted by Gasteiger charge is 2.13. The number of benzene rings is 2. The van der Waals surface area contributed by atoms with Crippen LogP contribution in [0.15, 0.2) is 77.4 Å². The van der Waals surface area contributed by atoms with Crippen molar-refractivity contribution in [2.75, 3.05) is 5.32 Å². The van der Waals surface area contributed by atoms with Crippen molar-refractivity contribution in [3.8, 4) is 16.3 Å². The molecule has 7 heteroatoms. The maximum absolute atomic E-state index is 6.00. The molecule has 0 saturated carbocycles. The average Bonchev–Trinajstić information content (AvgIpc) is 3.17. The first-order valence-electron chi connectivity index (χ1n) is 8.26. The van der Waals surface area contributed by atoms with Crippen LogP contribution in [0.25, 0.3) is 10.6 Å². The monoisotopic (exact) mass is 438 g/mol. The fourth-order valence-corrected chi connectivity index (χ4v) is 3.60. The fraction of sp³-hybridized carbons (Fsp3) is 0.0500. The van der Waals surface area contributed by atoms with Crippen LogP contribution in [0.4, 0.5) is 10.8 Å². The lowest BCUT2D eigenvalue weighted by Gasteiger charge is -2.10. The molecule has 4 aromatic rings. The molecule has 0 bridgehead atoms. The van der Waals surface area contributed by atoms with Gasteiger partial charge in [-0.3, -0.25) is 4.98 Å². The number of ether oxygens (including phenoxy) is 1. The highest BCUT2D eigenvalue weighted by molar-refractivity contribution is 9.10. The predicted molar refractivity (Wildman–Crippen MR) is 111 cm³/mol. The van der Waals surface area contributed by atoms with E-state index in [1.807, 2.05) is 66.7 Å². The first-order chi connectivity index (χ1) is 13.3. The summed E-state index contributed by atoms with van der Waals surface area (Å²) in [5, 5.41) is 13.4.